The zero-order valence-corrected chi connectivity index (χ0v) is 14.3. The number of hydrogen-bond acceptors (Lipinski definition) is 6. The van der Waals surface area contributed by atoms with Gasteiger partial charge in [-0.3, -0.25) is 0 Å². The first-order valence-corrected chi connectivity index (χ1v) is 8.71. The van der Waals surface area contributed by atoms with Gasteiger partial charge in [-0.15, -0.1) is 0 Å². The minimum atomic E-state index is -4.93. The molecule has 8 atom stereocenters. The highest BCUT2D eigenvalue weighted by Crippen LogP contribution is 2.64. The lowest BCUT2D eigenvalue weighted by molar-refractivity contribution is -0.616. The number of alkyl halides is 3. The molecule has 1 saturated carbocycles. The second kappa shape index (κ2) is 5.30. The van der Waals surface area contributed by atoms with Crippen LogP contribution >= 0.6 is 0 Å². The molecule has 0 aromatic carbocycles. The third-order valence-electron chi connectivity index (χ3n) is 6.79. The van der Waals surface area contributed by atoms with Crippen molar-refractivity contribution in [1.29, 1.82) is 0 Å². The Hall–Kier alpha value is -0.450. The van der Waals surface area contributed by atoms with Gasteiger partial charge in [0, 0.05) is 18.3 Å². The van der Waals surface area contributed by atoms with Crippen LogP contribution in [0.4, 0.5) is 13.2 Å². The Balaban J connectivity index is 1.85. The summed E-state index contributed by atoms with van der Waals surface area (Å²) in [6.45, 7) is 5.05. The summed E-state index contributed by atoms with van der Waals surface area (Å²) >= 11 is 0. The summed E-state index contributed by atoms with van der Waals surface area (Å²) in [5, 5.41) is 9.22. The van der Waals surface area contributed by atoms with Crippen LogP contribution in [0.2, 0.25) is 0 Å². The zero-order chi connectivity index (χ0) is 18.3. The van der Waals surface area contributed by atoms with Gasteiger partial charge in [0.1, 0.15) is 0 Å². The first-order chi connectivity index (χ1) is 11.6. The SMILES string of the molecule is C[C@@H]1CC[C@H]2[C@@H](C)[C@](OO)(C(F)(F)F)O[C@@H]3O[C@]4(C)CC[C@@H]1[C@]32OO4. The molecule has 5 rings (SSSR count). The molecular weight excluding hydrogens is 345 g/mol. The molecule has 9 heteroatoms. The zero-order valence-electron chi connectivity index (χ0n) is 14.3. The van der Waals surface area contributed by atoms with Crippen molar-refractivity contribution in [1.82, 2.24) is 0 Å². The van der Waals surface area contributed by atoms with E-state index in [-0.39, 0.29) is 11.8 Å². The Morgan fingerprint density at radius 2 is 1.76 bits per heavy atom. The minimum Gasteiger partial charge on any atom is -0.315 e. The van der Waals surface area contributed by atoms with Crippen LogP contribution in [0.15, 0.2) is 0 Å². The average Bonchev–Trinajstić information content (AvgIpc) is 2.76. The summed E-state index contributed by atoms with van der Waals surface area (Å²) in [6.07, 6.45) is -3.84. The van der Waals surface area contributed by atoms with Crippen LogP contribution in [0.1, 0.15) is 46.5 Å². The lowest BCUT2D eigenvalue weighted by Crippen LogP contribution is -2.75. The monoisotopic (exact) mass is 368 g/mol. The van der Waals surface area contributed by atoms with E-state index in [2.05, 4.69) is 11.8 Å². The molecule has 0 aromatic rings. The molecule has 144 valence electrons. The fourth-order valence-corrected chi connectivity index (χ4v) is 5.40. The Bertz CT molecular complexity index is 558. The Morgan fingerprint density at radius 3 is 2.40 bits per heavy atom. The molecule has 1 aliphatic carbocycles. The summed E-state index contributed by atoms with van der Waals surface area (Å²) < 4.78 is 52.6. The average molecular weight is 368 g/mol. The van der Waals surface area contributed by atoms with E-state index in [9.17, 15) is 18.4 Å². The molecule has 4 heterocycles. The number of halogens is 3. The molecule has 4 aliphatic heterocycles. The van der Waals surface area contributed by atoms with Crippen LogP contribution in [0.3, 0.4) is 0 Å². The van der Waals surface area contributed by atoms with Gasteiger partial charge in [0.15, 0.2) is 11.9 Å². The summed E-state index contributed by atoms with van der Waals surface area (Å²) in [6, 6.07) is 0. The van der Waals surface area contributed by atoms with Crippen molar-refractivity contribution in [3.8, 4) is 0 Å². The normalized spacial score (nSPS) is 55.6. The summed E-state index contributed by atoms with van der Waals surface area (Å²) in [5.41, 5.74) is -1.14. The van der Waals surface area contributed by atoms with Crippen molar-refractivity contribution in [2.45, 2.75) is 76.1 Å². The van der Waals surface area contributed by atoms with Gasteiger partial charge in [-0.05, 0) is 38.0 Å². The maximum absolute atomic E-state index is 13.8. The van der Waals surface area contributed by atoms with Gasteiger partial charge >= 0.3 is 12.0 Å². The first kappa shape index (κ1) is 17.9. The number of hydrogen-bond donors (Lipinski definition) is 1. The summed E-state index contributed by atoms with van der Waals surface area (Å²) in [4.78, 5) is 15.3. The highest BCUT2D eigenvalue weighted by atomic mass is 19.4. The summed E-state index contributed by atoms with van der Waals surface area (Å²) in [7, 11) is 0. The Kier molecular flexibility index (Phi) is 3.80. The largest absolute Gasteiger partial charge is 0.446 e. The van der Waals surface area contributed by atoms with Gasteiger partial charge in [0.25, 0.3) is 0 Å². The summed E-state index contributed by atoms with van der Waals surface area (Å²) in [5.74, 6) is -5.96. The van der Waals surface area contributed by atoms with Crippen molar-refractivity contribution in [2.24, 2.45) is 23.7 Å². The molecular formula is C16H23F3O6. The van der Waals surface area contributed by atoms with Gasteiger partial charge in [-0.1, -0.05) is 13.8 Å². The molecule has 2 bridgehead atoms. The van der Waals surface area contributed by atoms with E-state index in [1.54, 1.807) is 6.92 Å². The van der Waals surface area contributed by atoms with Gasteiger partial charge < -0.3 is 9.47 Å². The van der Waals surface area contributed by atoms with Crippen LogP contribution in [-0.2, 0) is 24.1 Å². The van der Waals surface area contributed by atoms with Crippen molar-refractivity contribution in [3.63, 3.8) is 0 Å². The number of rotatable bonds is 1. The first-order valence-electron chi connectivity index (χ1n) is 8.71. The van der Waals surface area contributed by atoms with Crippen molar-refractivity contribution >= 4 is 0 Å². The van der Waals surface area contributed by atoms with Crippen LogP contribution in [-0.4, -0.2) is 34.9 Å². The van der Waals surface area contributed by atoms with E-state index >= 15 is 0 Å². The molecule has 1 spiro atoms. The molecule has 0 aromatic heterocycles. The van der Waals surface area contributed by atoms with E-state index < -0.39 is 41.5 Å². The Labute approximate surface area is 143 Å². The van der Waals surface area contributed by atoms with E-state index in [4.69, 9.17) is 19.2 Å². The third-order valence-corrected chi connectivity index (χ3v) is 6.79. The second-order valence-corrected chi connectivity index (χ2v) is 8.07. The fraction of sp³-hybridized carbons (Fsp3) is 1.00. The van der Waals surface area contributed by atoms with E-state index in [0.29, 0.717) is 19.3 Å². The van der Waals surface area contributed by atoms with Gasteiger partial charge in [-0.2, -0.15) is 18.1 Å². The van der Waals surface area contributed by atoms with Crippen LogP contribution in [0.5, 0.6) is 0 Å². The maximum atomic E-state index is 13.8. The van der Waals surface area contributed by atoms with Gasteiger partial charge in [-0.25, -0.2) is 15.0 Å². The van der Waals surface area contributed by atoms with E-state index in [1.165, 1.54) is 6.92 Å². The Morgan fingerprint density at radius 1 is 1.04 bits per heavy atom. The lowest BCUT2D eigenvalue weighted by atomic mass is 9.57. The minimum absolute atomic E-state index is 0.0621. The van der Waals surface area contributed by atoms with Crippen LogP contribution in [0.25, 0.3) is 0 Å². The van der Waals surface area contributed by atoms with Crippen molar-refractivity contribution in [3.05, 3.63) is 0 Å². The molecule has 0 radical (unpaired) electrons. The number of ether oxygens (including phenoxy) is 2. The topological polar surface area (TPSA) is 66.4 Å². The van der Waals surface area contributed by atoms with E-state index in [0.717, 1.165) is 6.42 Å². The van der Waals surface area contributed by atoms with Crippen molar-refractivity contribution in [2.75, 3.05) is 0 Å². The molecule has 0 amide bonds. The van der Waals surface area contributed by atoms with Gasteiger partial charge in [0.2, 0.25) is 5.79 Å². The molecule has 1 N–H and O–H groups in total. The molecule has 5 aliphatic rings. The fourth-order valence-electron chi connectivity index (χ4n) is 5.40. The van der Waals surface area contributed by atoms with Crippen LogP contribution < -0.4 is 0 Å². The molecule has 4 saturated heterocycles. The van der Waals surface area contributed by atoms with Gasteiger partial charge in [0.05, 0.1) is 0 Å². The lowest BCUT2D eigenvalue weighted by Gasteiger charge is -2.62. The number of fused-ring (bicyclic) bond motifs is 2. The highest BCUT2D eigenvalue weighted by molar-refractivity contribution is 5.12. The molecule has 5 fully saturated rings. The maximum Gasteiger partial charge on any atom is 0.446 e. The molecule has 6 nitrogen and oxygen atoms in total. The standard InChI is InChI=1S/C16H23F3O6/c1-8-4-5-11-9(2)15(23-20,16(17,18)19)22-12-14(11)10(8)6-7-13(3,21-12)24-25-14/h8-12,20H,4-7H2,1-3H3/t8-,9-,10+,11+,12+,13+,14-,15+/m1/s1. The molecule has 25 heavy (non-hydrogen) atoms. The van der Waals surface area contributed by atoms with Crippen LogP contribution in [0, 0.1) is 23.7 Å². The smallest absolute Gasteiger partial charge is 0.315 e. The van der Waals surface area contributed by atoms with E-state index in [1.807, 2.05) is 0 Å². The highest BCUT2D eigenvalue weighted by Gasteiger charge is 2.77. The molecule has 0 unspecified atom stereocenters. The predicted octanol–water partition coefficient (Wildman–Crippen LogP) is 3.62. The quantitative estimate of drug-likeness (QED) is 0.563. The second-order valence-electron chi connectivity index (χ2n) is 8.07. The third kappa shape index (κ3) is 2.14. The predicted molar refractivity (Wildman–Crippen MR) is 75.5 cm³/mol. The van der Waals surface area contributed by atoms with Crippen molar-refractivity contribution < 1.29 is 42.6 Å².